The third-order valence-corrected chi connectivity index (χ3v) is 4.09. The van der Waals surface area contributed by atoms with Crippen LogP contribution in [0, 0.1) is 11.8 Å². The highest BCUT2D eigenvalue weighted by molar-refractivity contribution is 7.09. The number of hydrogen-bond donors (Lipinski definition) is 2. The van der Waals surface area contributed by atoms with Gasteiger partial charge in [0.15, 0.2) is 0 Å². The summed E-state index contributed by atoms with van der Waals surface area (Å²) in [5.41, 5.74) is 0. The average Bonchev–Trinajstić information content (AvgIpc) is 2.85. The molecule has 9 heteroatoms. The molecule has 0 atom stereocenters. The van der Waals surface area contributed by atoms with Crippen LogP contribution in [-0.2, 0) is 11.0 Å². The lowest BCUT2D eigenvalue weighted by Crippen LogP contribution is -2.25. The summed E-state index contributed by atoms with van der Waals surface area (Å²) in [4.78, 5) is 14.2. The smallest absolute Gasteiger partial charge is 0.452 e. The molecule has 0 aromatic carbocycles. The number of carboxylic acids is 1. The Balaban J connectivity index is 1.79. The highest BCUT2D eigenvalue weighted by Gasteiger charge is 2.36. The number of carboxylic acid groups (broad SMARTS) is 1. The Hall–Kier alpha value is -1.38. The number of hydrogen-bond acceptors (Lipinski definition) is 5. The second kappa shape index (κ2) is 5.94. The fraction of sp³-hybridized carbons (Fsp3) is 0.727. The lowest BCUT2D eigenvalue weighted by molar-refractivity contribution is -0.144. The minimum atomic E-state index is -4.52. The van der Waals surface area contributed by atoms with Gasteiger partial charge in [-0.3, -0.25) is 4.79 Å². The predicted molar refractivity (Wildman–Crippen MR) is 66.5 cm³/mol. The molecule has 1 heterocycles. The van der Waals surface area contributed by atoms with Gasteiger partial charge in [-0.25, -0.2) is 0 Å². The van der Waals surface area contributed by atoms with Gasteiger partial charge in [-0.2, -0.15) is 22.5 Å². The van der Waals surface area contributed by atoms with Crippen LogP contribution in [0.1, 0.15) is 31.5 Å². The van der Waals surface area contributed by atoms with Crippen LogP contribution in [0.3, 0.4) is 0 Å². The van der Waals surface area contributed by atoms with E-state index in [1.807, 2.05) is 0 Å². The lowest BCUT2D eigenvalue weighted by atomic mass is 9.82. The molecule has 1 fully saturated rings. The van der Waals surface area contributed by atoms with Crippen LogP contribution in [0.4, 0.5) is 18.3 Å². The number of halogens is 3. The van der Waals surface area contributed by atoms with Crippen LogP contribution in [-0.4, -0.2) is 27.0 Å². The molecule has 0 radical (unpaired) electrons. The summed E-state index contributed by atoms with van der Waals surface area (Å²) in [5, 5.41) is 11.9. The summed E-state index contributed by atoms with van der Waals surface area (Å²) in [7, 11) is 0. The number of nitrogens with one attached hydrogen (secondary N) is 1. The van der Waals surface area contributed by atoms with E-state index in [9.17, 15) is 18.0 Å². The lowest BCUT2D eigenvalue weighted by Gasteiger charge is -2.25. The first-order chi connectivity index (χ1) is 9.36. The molecule has 112 valence electrons. The van der Waals surface area contributed by atoms with Crippen LogP contribution in [0.25, 0.3) is 0 Å². The fourth-order valence-corrected chi connectivity index (χ4v) is 2.85. The van der Waals surface area contributed by atoms with Crippen molar-refractivity contribution in [1.29, 1.82) is 0 Å². The molecule has 0 bridgehead atoms. The Labute approximate surface area is 117 Å². The minimum absolute atomic E-state index is 0.151. The number of anilines is 1. The fourth-order valence-electron chi connectivity index (χ4n) is 2.26. The number of aromatic nitrogens is 2. The predicted octanol–water partition coefficient (Wildman–Crippen LogP) is 2.86. The molecule has 1 aliphatic rings. The maximum atomic E-state index is 12.3. The SMILES string of the molecule is O=C(O)C1CCC(CNc2nc(C(F)(F)F)ns2)CC1. The van der Waals surface area contributed by atoms with Gasteiger partial charge >= 0.3 is 12.1 Å². The molecular weight excluding hydrogens is 295 g/mol. The number of rotatable bonds is 4. The van der Waals surface area contributed by atoms with Crippen LogP contribution in [0.2, 0.25) is 0 Å². The van der Waals surface area contributed by atoms with Crippen molar-refractivity contribution in [2.45, 2.75) is 31.9 Å². The zero-order chi connectivity index (χ0) is 14.8. The molecule has 2 rings (SSSR count). The standard InChI is InChI=1S/C11H14F3N3O2S/c12-11(13,14)9-16-10(20-17-9)15-5-6-1-3-7(4-2-6)8(18)19/h6-7H,1-5H2,(H,18,19)(H,15,16,17). The molecule has 1 saturated carbocycles. The molecule has 0 spiro atoms. The summed E-state index contributed by atoms with van der Waals surface area (Å²) in [6.07, 6.45) is -1.77. The van der Waals surface area contributed by atoms with E-state index in [0.717, 1.165) is 12.8 Å². The number of aliphatic carboxylic acids is 1. The summed E-state index contributed by atoms with van der Waals surface area (Å²) in [5.74, 6) is -1.91. The molecule has 1 aliphatic carbocycles. The Morgan fingerprint density at radius 3 is 2.50 bits per heavy atom. The highest BCUT2D eigenvalue weighted by atomic mass is 32.1. The average molecular weight is 309 g/mol. The topological polar surface area (TPSA) is 75.1 Å². The maximum Gasteiger partial charge on any atom is 0.452 e. The summed E-state index contributed by atoms with van der Waals surface area (Å²) in [6.45, 7) is 0.499. The van der Waals surface area contributed by atoms with Crippen molar-refractivity contribution in [3.05, 3.63) is 5.82 Å². The van der Waals surface area contributed by atoms with Crippen molar-refractivity contribution in [2.75, 3.05) is 11.9 Å². The molecule has 0 unspecified atom stereocenters. The molecule has 20 heavy (non-hydrogen) atoms. The summed E-state index contributed by atoms with van der Waals surface area (Å²) < 4.78 is 40.2. The van der Waals surface area contributed by atoms with E-state index in [2.05, 4.69) is 14.7 Å². The summed E-state index contributed by atoms with van der Waals surface area (Å²) in [6, 6.07) is 0. The van der Waals surface area contributed by atoms with E-state index >= 15 is 0 Å². The molecule has 5 nitrogen and oxygen atoms in total. The highest BCUT2D eigenvalue weighted by Crippen LogP contribution is 2.31. The normalized spacial score (nSPS) is 23.6. The Morgan fingerprint density at radius 2 is 2.00 bits per heavy atom. The zero-order valence-electron chi connectivity index (χ0n) is 10.5. The molecule has 1 aromatic rings. The molecule has 0 saturated heterocycles. The van der Waals surface area contributed by atoms with Gasteiger partial charge in [0.25, 0.3) is 0 Å². The monoisotopic (exact) mass is 309 g/mol. The van der Waals surface area contributed by atoms with Crippen LogP contribution in [0.15, 0.2) is 0 Å². The van der Waals surface area contributed by atoms with Crippen LogP contribution in [0.5, 0.6) is 0 Å². The third-order valence-electron chi connectivity index (χ3n) is 3.42. The first kappa shape index (κ1) is 15.0. The number of alkyl halides is 3. The largest absolute Gasteiger partial charge is 0.481 e. The second-order valence-corrected chi connectivity index (χ2v) is 5.61. The molecule has 0 aliphatic heterocycles. The van der Waals surface area contributed by atoms with Crippen LogP contribution < -0.4 is 5.32 Å². The van der Waals surface area contributed by atoms with Gasteiger partial charge in [0.1, 0.15) is 0 Å². The van der Waals surface area contributed by atoms with Crippen molar-refractivity contribution < 1.29 is 23.1 Å². The second-order valence-electron chi connectivity index (χ2n) is 4.86. The van der Waals surface area contributed by atoms with Crippen molar-refractivity contribution in [2.24, 2.45) is 11.8 Å². The van der Waals surface area contributed by atoms with Crippen molar-refractivity contribution in [3.8, 4) is 0 Å². The van der Waals surface area contributed by atoms with Gasteiger partial charge in [0.05, 0.1) is 5.92 Å². The molecule has 1 aromatic heterocycles. The Bertz CT molecular complexity index is 470. The number of nitrogens with zero attached hydrogens (tertiary/aromatic N) is 2. The Morgan fingerprint density at radius 1 is 1.35 bits per heavy atom. The van der Waals surface area contributed by atoms with Crippen molar-refractivity contribution in [1.82, 2.24) is 9.36 Å². The molecular formula is C11H14F3N3O2S. The maximum absolute atomic E-state index is 12.3. The number of carbonyl (C=O) groups is 1. The van der Waals surface area contributed by atoms with Crippen molar-refractivity contribution in [3.63, 3.8) is 0 Å². The van der Waals surface area contributed by atoms with E-state index in [0.29, 0.717) is 30.9 Å². The van der Waals surface area contributed by atoms with Gasteiger partial charge in [-0.05, 0) is 31.6 Å². The zero-order valence-corrected chi connectivity index (χ0v) is 11.3. The Kier molecular flexibility index (Phi) is 4.46. The van der Waals surface area contributed by atoms with E-state index in [1.165, 1.54) is 0 Å². The molecule has 2 N–H and O–H groups in total. The third kappa shape index (κ3) is 3.81. The van der Waals surface area contributed by atoms with E-state index < -0.39 is 18.0 Å². The van der Waals surface area contributed by atoms with E-state index in [1.54, 1.807) is 0 Å². The van der Waals surface area contributed by atoms with Gasteiger partial charge in [-0.15, -0.1) is 0 Å². The van der Waals surface area contributed by atoms with Gasteiger partial charge in [0, 0.05) is 18.1 Å². The van der Waals surface area contributed by atoms with E-state index in [4.69, 9.17) is 5.11 Å². The van der Waals surface area contributed by atoms with Crippen molar-refractivity contribution >= 4 is 22.6 Å². The van der Waals surface area contributed by atoms with Gasteiger partial charge in [-0.1, -0.05) is 0 Å². The van der Waals surface area contributed by atoms with E-state index in [-0.39, 0.29) is 17.0 Å². The quantitative estimate of drug-likeness (QED) is 0.894. The minimum Gasteiger partial charge on any atom is -0.481 e. The van der Waals surface area contributed by atoms with Crippen LogP contribution >= 0.6 is 11.5 Å². The first-order valence-corrected chi connectivity index (χ1v) is 7.01. The van der Waals surface area contributed by atoms with Gasteiger partial charge in [0.2, 0.25) is 11.0 Å². The summed E-state index contributed by atoms with van der Waals surface area (Å²) >= 11 is 0.684. The molecule has 0 amide bonds. The first-order valence-electron chi connectivity index (χ1n) is 6.24. The van der Waals surface area contributed by atoms with Gasteiger partial charge < -0.3 is 10.4 Å².